The first-order valence-corrected chi connectivity index (χ1v) is 6.19. The van der Waals surface area contributed by atoms with Crippen molar-refractivity contribution < 1.29 is 9.90 Å². The van der Waals surface area contributed by atoms with Gasteiger partial charge in [0.1, 0.15) is 0 Å². The average Bonchev–Trinajstić information content (AvgIpc) is 2.35. The summed E-state index contributed by atoms with van der Waals surface area (Å²) in [5, 5.41) is 10.4. The topological polar surface area (TPSA) is 63.3 Å². The minimum atomic E-state index is -1.52. The number of hydrogen-bond donors (Lipinski definition) is 2. The highest BCUT2D eigenvalue weighted by molar-refractivity contribution is 5.84. The second-order valence-electron chi connectivity index (χ2n) is 4.40. The summed E-state index contributed by atoms with van der Waals surface area (Å²) >= 11 is 0. The lowest BCUT2D eigenvalue weighted by Gasteiger charge is -2.25. The van der Waals surface area contributed by atoms with Gasteiger partial charge in [-0.25, -0.2) is 0 Å². The van der Waals surface area contributed by atoms with E-state index in [4.69, 9.17) is 5.73 Å². The zero-order chi connectivity index (χ0) is 12.7. The maximum Gasteiger partial charge on any atom is 0.254 e. The number of primary amides is 1. The summed E-state index contributed by atoms with van der Waals surface area (Å²) in [6.45, 7) is 2.12. The predicted molar refractivity (Wildman–Crippen MR) is 68.3 cm³/mol. The maximum atomic E-state index is 11.5. The molecule has 0 heterocycles. The van der Waals surface area contributed by atoms with E-state index in [1.165, 1.54) is 0 Å². The van der Waals surface area contributed by atoms with Crippen LogP contribution in [0.1, 0.15) is 44.6 Å². The number of unbranched alkanes of at least 4 members (excludes halogenated alkanes) is 3. The van der Waals surface area contributed by atoms with E-state index >= 15 is 0 Å². The second-order valence-corrected chi connectivity index (χ2v) is 4.40. The minimum absolute atomic E-state index is 0.395. The van der Waals surface area contributed by atoms with E-state index in [0.717, 1.165) is 25.7 Å². The van der Waals surface area contributed by atoms with E-state index in [1.807, 2.05) is 6.07 Å². The lowest BCUT2D eigenvalue weighted by Crippen LogP contribution is -2.41. The Kier molecular flexibility index (Phi) is 5.16. The highest BCUT2D eigenvalue weighted by atomic mass is 16.3. The summed E-state index contributed by atoms with van der Waals surface area (Å²) in [6, 6.07) is 8.93. The van der Waals surface area contributed by atoms with Gasteiger partial charge in [-0.05, 0) is 18.4 Å². The molecule has 0 aliphatic heterocycles. The van der Waals surface area contributed by atoms with Gasteiger partial charge in [-0.15, -0.1) is 0 Å². The Morgan fingerprint density at radius 2 is 1.88 bits per heavy atom. The molecule has 1 atom stereocenters. The third-order valence-corrected chi connectivity index (χ3v) is 3.05. The molecule has 1 aromatic rings. The Morgan fingerprint density at radius 1 is 1.24 bits per heavy atom. The number of rotatable bonds is 7. The Hall–Kier alpha value is -1.35. The van der Waals surface area contributed by atoms with Crippen LogP contribution in [0.5, 0.6) is 0 Å². The van der Waals surface area contributed by atoms with Crippen LogP contribution < -0.4 is 5.73 Å². The molecule has 0 aliphatic rings. The van der Waals surface area contributed by atoms with Gasteiger partial charge in [0, 0.05) is 0 Å². The van der Waals surface area contributed by atoms with Crippen molar-refractivity contribution in [2.45, 2.75) is 44.6 Å². The minimum Gasteiger partial charge on any atom is -0.375 e. The van der Waals surface area contributed by atoms with Crippen LogP contribution in [0.4, 0.5) is 0 Å². The number of aliphatic hydroxyl groups is 1. The van der Waals surface area contributed by atoms with Crippen LogP contribution in [-0.2, 0) is 10.4 Å². The number of benzene rings is 1. The van der Waals surface area contributed by atoms with Crippen molar-refractivity contribution in [3.05, 3.63) is 35.9 Å². The van der Waals surface area contributed by atoms with Gasteiger partial charge in [0.15, 0.2) is 5.60 Å². The van der Waals surface area contributed by atoms with Crippen LogP contribution >= 0.6 is 0 Å². The van der Waals surface area contributed by atoms with Crippen LogP contribution in [0.15, 0.2) is 30.3 Å². The molecule has 0 saturated heterocycles. The Morgan fingerprint density at radius 3 is 2.41 bits per heavy atom. The number of carbonyl (C=O) groups is 1. The van der Waals surface area contributed by atoms with Crippen molar-refractivity contribution in [3.63, 3.8) is 0 Å². The fourth-order valence-corrected chi connectivity index (χ4v) is 1.93. The summed E-state index contributed by atoms with van der Waals surface area (Å²) in [6.07, 6.45) is 4.46. The largest absolute Gasteiger partial charge is 0.375 e. The molecule has 94 valence electrons. The summed E-state index contributed by atoms with van der Waals surface area (Å²) in [5.41, 5.74) is 4.40. The molecule has 0 saturated carbocycles. The quantitative estimate of drug-likeness (QED) is 0.712. The lowest BCUT2D eigenvalue weighted by atomic mass is 9.87. The van der Waals surface area contributed by atoms with E-state index in [2.05, 4.69) is 6.92 Å². The van der Waals surface area contributed by atoms with Gasteiger partial charge in [-0.1, -0.05) is 56.5 Å². The summed E-state index contributed by atoms with van der Waals surface area (Å²) in [5.74, 6) is -0.666. The molecule has 0 aliphatic carbocycles. The SMILES string of the molecule is CCCCCCC(O)(C(N)=O)c1ccccc1. The number of hydrogen-bond acceptors (Lipinski definition) is 2. The molecular formula is C14H21NO2. The van der Waals surface area contributed by atoms with Crippen molar-refractivity contribution in [2.24, 2.45) is 5.73 Å². The van der Waals surface area contributed by atoms with E-state index in [9.17, 15) is 9.90 Å². The molecule has 1 unspecified atom stereocenters. The molecule has 1 rings (SSSR count). The van der Waals surface area contributed by atoms with Gasteiger partial charge in [0.25, 0.3) is 5.91 Å². The third-order valence-electron chi connectivity index (χ3n) is 3.05. The van der Waals surface area contributed by atoms with Crippen LogP contribution in [0.25, 0.3) is 0 Å². The average molecular weight is 235 g/mol. The molecule has 0 fully saturated rings. The number of amides is 1. The molecule has 3 heteroatoms. The molecular weight excluding hydrogens is 214 g/mol. The molecule has 1 aromatic carbocycles. The standard InChI is InChI=1S/C14H21NO2/c1-2-3-4-8-11-14(17,13(15)16)12-9-6-5-7-10-12/h5-7,9-10,17H,2-4,8,11H2,1H3,(H2,15,16). The predicted octanol–water partition coefficient (Wildman–Crippen LogP) is 2.33. The molecule has 0 bridgehead atoms. The fraction of sp³-hybridized carbons (Fsp3) is 0.500. The normalized spacial score (nSPS) is 14.2. The first-order chi connectivity index (χ1) is 8.11. The van der Waals surface area contributed by atoms with Crippen LogP contribution in [0.3, 0.4) is 0 Å². The van der Waals surface area contributed by atoms with Gasteiger partial charge in [0.2, 0.25) is 0 Å². The van der Waals surface area contributed by atoms with Gasteiger partial charge in [0.05, 0.1) is 0 Å². The maximum absolute atomic E-state index is 11.5. The molecule has 0 spiro atoms. The van der Waals surface area contributed by atoms with E-state index in [0.29, 0.717) is 12.0 Å². The summed E-state index contributed by atoms with van der Waals surface area (Å²) in [4.78, 5) is 11.5. The van der Waals surface area contributed by atoms with Crippen LogP contribution in [0.2, 0.25) is 0 Å². The lowest BCUT2D eigenvalue weighted by molar-refractivity contribution is -0.138. The Balaban J connectivity index is 2.73. The summed E-state index contributed by atoms with van der Waals surface area (Å²) in [7, 11) is 0. The van der Waals surface area contributed by atoms with Gasteiger partial charge in [-0.3, -0.25) is 4.79 Å². The van der Waals surface area contributed by atoms with Crippen molar-refractivity contribution >= 4 is 5.91 Å². The molecule has 3 N–H and O–H groups in total. The van der Waals surface area contributed by atoms with Crippen molar-refractivity contribution in [1.82, 2.24) is 0 Å². The van der Waals surface area contributed by atoms with Gasteiger partial charge >= 0.3 is 0 Å². The monoisotopic (exact) mass is 235 g/mol. The number of carbonyl (C=O) groups excluding carboxylic acids is 1. The van der Waals surface area contributed by atoms with E-state index < -0.39 is 11.5 Å². The number of nitrogens with two attached hydrogens (primary N) is 1. The van der Waals surface area contributed by atoms with Crippen molar-refractivity contribution in [3.8, 4) is 0 Å². The van der Waals surface area contributed by atoms with E-state index in [1.54, 1.807) is 24.3 Å². The first-order valence-electron chi connectivity index (χ1n) is 6.19. The molecule has 3 nitrogen and oxygen atoms in total. The zero-order valence-corrected chi connectivity index (χ0v) is 10.4. The molecule has 17 heavy (non-hydrogen) atoms. The molecule has 0 aromatic heterocycles. The first kappa shape index (κ1) is 13.7. The summed E-state index contributed by atoms with van der Waals surface area (Å²) < 4.78 is 0. The molecule has 1 amide bonds. The molecule has 0 radical (unpaired) electrons. The fourth-order valence-electron chi connectivity index (χ4n) is 1.93. The van der Waals surface area contributed by atoms with Crippen LogP contribution in [0, 0.1) is 0 Å². The Bertz CT molecular complexity index is 350. The third kappa shape index (κ3) is 3.56. The zero-order valence-electron chi connectivity index (χ0n) is 10.4. The van der Waals surface area contributed by atoms with Gasteiger partial charge < -0.3 is 10.8 Å². The smallest absolute Gasteiger partial charge is 0.254 e. The van der Waals surface area contributed by atoms with Crippen LogP contribution in [-0.4, -0.2) is 11.0 Å². The van der Waals surface area contributed by atoms with Crippen molar-refractivity contribution in [2.75, 3.05) is 0 Å². The van der Waals surface area contributed by atoms with Crippen molar-refractivity contribution in [1.29, 1.82) is 0 Å². The Labute approximate surface area is 103 Å². The second kappa shape index (κ2) is 6.40. The van der Waals surface area contributed by atoms with E-state index in [-0.39, 0.29) is 0 Å². The van der Waals surface area contributed by atoms with Gasteiger partial charge in [-0.2, -0.15) is 0 Å². The highest BCUT2D eigenvalue weighted by Crippen LogP contribution is 2.27. The highest BCUT2D eigenvalue weighted by Gasteiger charge is 2.34.